The number of carbonyl (C=O) groups excluding carboxylic acids is 2. The highest BCUT2D eigenvalue weighted by Crippen LogP contribution is 2.37. The number of thiophene rings is 1. The summed E-state index contributed by atoms with van der Waals surface area (Å²) < 4.78 is 1.13. The summed E-state index contributed by atoms with van der Waals surface area (Å²) in [6, 6.07) is 5.74. The van der Waals surface area contributed by atoms with Crippen LogP contribution in [0.1, 0.15) is 31.2 Å². The van der Waals surface area contributed by atoms with E-state index in [1.54, 1.807) is 16.2 Å². The maximum absolute atomic E-state index is 12.5. The number of benzene rings is 1. The van der Waals surface area contributed by atoms with Crippen LogP contribution in [-0.4, -0.2) is 29.8 Å². The number of piperidine rings is 1. The molecule has 2 fully saturated rings. The molecule has 1 aliphatic carbocycles. The molecule has 132 valence electrons. The van der Waals surface area contributed by atoms with Crippen LogP contribution in [0.25, 0.3) is 10.1 Å². The molecular formula is C19H21ClN2O2S. The summed E-state index contributed by atoms with van der Waals surface area (Å²) in [4.78, 5) is 26.5. The molecule has 2 heterocycles. The van der Waals surface area contributed by atoms with Crippen molar-refractivity contribution in [2.45, 2.75) is 32.2 Å². The average molecular weight is 377 g/mol. The maximum atomic E-state index is 12.5. The lowest BCUT2D eigenvalue weighted by Crippen LogP contribution is -2.48. The first-order valence-electron chi connectivity index (χ1n) is 8.84. The Kier molecular flexibility index (Phi) is 4.69. The van der Waals surface area contributed by atoms with Crippen LogP contribution in [0, 0.1) is 11.8 Å². The molecule has 2 aliphatic rings. The van der Waals surface area contributed by atoms with E-state index in [1.807, 2.05) is 23.6 Å². The van der Waals surface area contributed by atoms with E-state index in [2.05, 4.69) is 5.32 Å². The highest BCUT2D eigenvalue weighted by molar-refractivity contribution is 7.17. The van der Waals surface area contributed by atoms with Crippen molar-refractivity contribution in [2.24, 2.45) is 11.8 Å². The van der Waals surface area contributed by atoms with Gasteiger partial charge < -0.3 is 10.2 Å². The van der Waals surface area contributed by atoms with Gasteiger partial charge in [-0.05, 0) is 59.2 Å². The van der Waals surface area contributed by atoms with Crippen molar-refractivity contribution >= 4 is 44.8 Å². The number of hydrogen-bond acceptors (Lipinski definition) is 3. The normalized spacial score (nSPS) is 22.8. The summed E-state index contributed by atoms with van der Waals surface area (Å²) >= 11 is 7.68. The molecule has 1 aliphatic heterocycles. The number of nitrogens with zero attached hydrogens (tertiary/aromatic N) is 1. The first-order chi connectivity index (χ1) is 12.1. The molecule has 0 unspecified atom stereocenters. The Hall–Kier alpha value is -1.59. The molecule has 0 spiro atoms. The standard InChI is InChI=1S/C19H21ClN2O2S/c20-15-4-5-17-16(8-15)14(11-25-17)9-21-18(23)19(24)22-7-6-12-2-1-3-13(12)10-22/h4-5,8,11-13H,1-3,6-7,9-10H2,(H,21,23)/t12-,13+/m0/s1. The van der Waals surface area contributed by atoms with Gasteiger partial charge >= 0.3 is 11.8 Å². The van der Waals surface area contributed by atoms with Gasteiger partial charge in [0.2, 0.25) is 0 Å². The van der Waals surface area contributed by atoms with Crippen molar-refractivity contribution in [1.29, 1.82) is 0 Å². The number of fused-ring (bicyclic) bond motifs is 2. The number of hydrogen-bond donors (Lipinski definition) is 1. The topological polar surface area (TPSA) is 49.4 Å². The predicted molar refractivity (Wildman–Crippen MR) is 101 cm³/mol. The lowest BCUT2D eigenvalue weighted by molar-refractivity contribution is -0.147. The Balaban J connectivity index is 1.38. The molecule has 1 aromatic heterocycles. The van der Waals surface area contributed by atoms with Crippen LogP contribution >= 0.6 is 22.9 Å². The predicted octanol–water partition coefficient (Wildman–Crippen LogP) is 3.82. The van der Waals surface area contributed by atoms with Crippen LogP contribution in [0.15, 0.2) is 23.6 Å². The van der Waals surface area contributed by atoms with E-state index in [9.17, 15) is 9.59 Å². The lowest BCUT2D eigenvalue weighted by atomic mass is 9.88. The van der Waals surface area contributed by atoms with E-state index < -0.39 is 5.91 Å². The van der Waals surface area contributed by atoms with Crippen LogP contribution in [0.5, 0.6) is 0 Å². The van der Waals surface area contributed by atoms with Crippen LogP contribution in [-0.2, 0) is 16.1 Å². The Labute approximate surface area is 156 Å². The number of rotatable bonds is 2. The zero-order chi connectivity index (χ0) is 17.4. The lowest BCUT2D eigenvalue weighted by Gasteiger charge is -2.34. The summed E-state index contributed by atoms with van der Waals surface area (Å²) in [5.74, 6) is 0.461. The van der Waals surface area contributed by atoms with E-state index in [4.69, 9.17) is 11.6 Å². The second-order valence-corrected chi connectivity index (χ2v) is 8.42. The zero-order valence-corrected chi connectivity index (χ0v) is 15.5. The van der Waals surface area contributed by atoms with E-state index in [0.29, 0.717) is 24.0 Å². The van der Waals surface area contributed by atoms with Crippen LogP contribution in [0.2, 0.25) is 5.02 Å². The van der Waals surface area contributed by atoms with Crippen molar-refractivity contribution in [3.63, 3.8) is 0 Å². The largest absolute Gasteiger partial charge is 0.344 e. The fourth-order valence-corrected chi connectivity index (χ4v) is 5.32. The minimum atomic E-state index is -0.502. The highest BCUT2D eigenvalue weighted by Gasteiger charge is 2.36. The van der Waals surface area contributed by atoms with Gasteiger partial charge in [0.05, 0.1) is 0 Å². The molecule has 0 radical (unpaired) electrons. The van der Waals surface area contributed by atoms with Crippen LogP contribution in [0.3, 0.4) is 0 Å². The van der Waals surface area contributed by atoms with Gasteiger partial charge in [-0.3, -0.25) is 9.59 Å². The van der Waals surface area contributed by atoms with Gasteiger partial charge in [-0.15, -0.1) is 11.3 Å². The third-order valence-electron chi connectivity index (χ3n) is 5.58. The fourth-order valence-electron chi connectivity index (χ4n) is 4.20. The van der Waals surface area contributed by atoms with E-state index in [0.717, 1.165) is 34.5 Å². The highest BCUT2D eigenvalue weighted by atomic mass is 35.5. The molecule has 2 amide bonds. The molecule has 1 N–H and O–H groups in total. The monoisotopic (exact) mass is 376 g/mol. The maximum Gasteiger partial charge on any atom is 0.311 e. The minimum Gasteiger partial charge on any atom is -0.344 e. The molecule has 2 aromatic rings. The van der Waals surface area contributed by atoms with Gasteiger partial charge in [0.15, 0.2) is 0 Å². The van der Waals surface area contributed by atoms with Gasteiger partial charge in [0, 0.05) is 29.4 Å². The van der Waals surface area contributed by atoms with E-state index in [-0.39, 0.29) is 5.91 Å². The summed E-state index contributed by atoms with van der Waals surface area (Å²) in [6.07, 6.45) is 4.78. The molecule has 1 saturated carbocycles. The SMILES string of the molecule is O=C(NCc1csc2ccc(Cl)cc12)C(=O)N1CC[C@@H]2CCC[C@@H]2C1. The van der Waals surface area contributed by atoms with Gasteiger partial charge in [-0.2, -0.15) is 0 Å². The Morgan fingerprint density at radius 1 is 1.24 bits per heavy atom. The number of amides is 2. The smallest absolute Gasteiger partial charge is 0.311 e. The van der Waals surface area contributed by atoms with E-state index >= 15 is 0 Å². The molecule has 4 nitrogen and oxygen atoms in total. The summed E-state index contributed by atoms with van der Waals surface area (Å²) in [5.41, 5.74) is 0.998. The fraction of sp³-hybridized carbons (Fsp3) is 0.474. The number of carbonyl (C=O) groups is 2. The molecule has 1 saturated heterocycles. The first kappa shape index (κ1) is 16.9. The molecule has 1 aromatic carbocycles. The minimum absolute atomic E-state index is 0.352. The third kappa shape index (κ3) is 3.40. The van der Waals surface area contributed by atoms with Crippen LogP contribution in [0.4, 0.5) is 0 Å². The Morgan fingerprint density at radius 3 is 2.96 bits per heavy atom. The quantitative estimate of drug-likeness (QED) is 0.810. The van der Waals surface area contributed by atoms with E-state index in [1.165, 1.54) is 19.3 Å². The molecule has 2 atom stereocenters. The van der Waals surface area contributed by atoms with Gasteiger partial charge in [-0.25, -0.2) is 0 Å². The first-order valence-corrected chi connectivity index (χ1v) is 10.1. The van der Waals surface area contributed by atoms with Crippen molar-refractivity contribution in [3.05, 3.63) is 34.2 Å². The van der Waals surface area contributed by atoms with Crippen molar-refractivity contribution in [3.8, 4) is 0 Å². The summed E-state index contributed by atoms with van der Waals surface area (Å²) in [5, 5.41) is 6.51. The van der Waals surface area contributed by atoms with Crippen molar-refractivity contribution in [2.75, 3.05) is 13.1 Å². The van der Waals surface area contributed by atoms with Crippen LogP contribution < -0.4 is 5.32 Å². The molecule has 4 rings (SSSR count). The Bertz CT molecular complexity index is 819. The Morgan fingerprint density at radius 2 is 2.08 bits per heavy atom. The van der Waals surface area contributed by atoms with Gasteiger partial charge in [0.25, 0.3) is 0 Å². The van der Waals surface area contributed by atoms with Gasteiger partial charge in [-0.1, -0.05) is 24.4 Å². The summed E-state index contributed by atoms with van der Waals surface area (Å²) in [7, 11) is 0. The number of halogens is 1. The van der Waals surface area contributed by atoms with Crippen molar-refractivity contribution in [1.82, 2.24) is 10.2 Å². The molecular weight excluding hydrogens is 356 g/mol. The molecule has 25 heavy (non-hydrogen) atoms. The second kappa shape index (κ2) is 6.96. The molecule has 6 heteroatoms. The third-order valence-corrected chi connectivity index (χ3v) is 6.83. The number of nitrogens with one attached hydrogen (secondary N) is 1. The zero-order valence-electron chi connectivity index (χ0n) is 14.0. The molecule has 0 bridgehead atoms. The second-order valence-electron chi connectivity index (χ2n) is 7.08. The van der Waals surface area contributed by atoms with Gasteiger partial charge in [0.1, 0.15) is 0 Å². The average Bonchev–Trinajstić information content (AvgIpc) is 3.24. The number of likely N-dealkylation sites (tertiary alicyclic amines) is 1. The summed E-state index contributed by atoms with van der Waals surface area (Å²) in [6.45, 7) is 1.81. The van der Waals surface area contributed by atoms with Crippen molar-refractivity contribution < 1.29 is 9.59 Å².